The van der Waals surface area contributed by atoms with Gasteiger partial charge in [0.05, 0.1) is 51.5 Å². The van der Waals surface area contributed by atoms with Crippen molar-refractivity contribution in [3.63, 3.8) is 0 Å². The molecule has 3 heterocycles. The van der Waals surface area contributed by atoms with Crippen LogP contribution in [-0.4, -0.2) is 62.2 Å². The average Bonchev–Trinajstić information content (AvgIpc) is 3.03. The Hall–Kier alpha value is -3.14. The number of rotatable bonds is 8. The number of benzene rings is 2. The lowest BCUT2D eigenvalue weighted by atomic mass is 9.76. The van der Waals surface area contributed by atoms with Crippen LogP contribution in [0.2, 0.25) is 0 Å². The number of para-hydroxylation sites is 1. The molecule has 2 amide bonds. The van der Waals surface area contributed by atoms with E-state index in [9.17, 15) is 14.7 Å². The zero-order valence-corrected chi connectivity index (χ0v) is 21.0. The predicted molar refractivity (Wildman–Crippen MR) is 136 cm³/mol. The van der Waals surface area contributed by atoms with E-state index in [4.69, 9.17) is 18.9 Å². The van der Waals surface area contributed by atoms with Crippen molar-refractivity contribution in [2.45, 2.75) is 56.5 Å². The quantitative estimate of drug-likeness (QED) is 0.500. The Labute approximate surface area is 216 Å². The van der Waals surface area contributed by atoms with Crippen LogP contribution in [0.25, 0.3) is 0 Å². The summed E-state index contributed by atoms with van der Waals surface area (Å²) in [4.78, 5) is 26.0. The van der Waals surface area contributed by atoms with Crippen molar-refractivity contribution in [1.82, 2.24) is 5.32 Å². The van der Waals surface area contributed by atoms with Crippen molar-refractivity contribution in [2.24, 2.45) is 5.92 Å². The van der Waals surface area contributed by atoms with Crippen LogP contribution in [-0.2, 0) is 25.6 Å². The van der Waals surface area contributed by atoms with E-state index in [1.165, 1.54) is 0 Å². The van der Waals surface area contributed by atoms with E-state index in [0.717, 1.165) is 29.7 Å². The van der Waals surface area contributed by atoms with Crippen LogP contribution >= 0.6 is 0 Å². The van der Waals surface area contributed by atoms with Crippen LogP contribution in [0.15, 0.2) is 42.5 Å². The fourth-order valence-corrected chi connectivity index (χ4v) is 5.58. The monoisotopic (exact) mass is 510 g/mol. The Balaban J connectivity index is 1.32. The molecule has 0 saturated carbocycles. The first-order valence-electron chi connectivity index (χ1n) is 12.9. The maximum Gasteiger partial charge on any atom is 0.230 e. The SMILES string of the molecule is COc1ccccc1CNC(=O)C[C@H]1C[C@H]2c3cc(ccc3OC3CCOCC3)NC(=O)[C@H]2[C@@H](CO)O1. The van der Waals surface area contributed by atoms with Crippen molar-refractivity contribution in [3.8, 4) is 11.5 Å². The molecule has 37 heavy (non-hydrogen) atoms. The number of nitrogens with one attached hydrogen (secondary N) is 2. The maximum absolute atomic E-state index is 13.2. The van der Waals surface area contributed by atoms with Gasteiger partial charge in [-0.2, -0.15) is 0 Å². The number of anilines is 1. The highest BCUT2D eigenvalue weighted by Crippen LogP contribution is 2.46. The molecule has 0 unspecified atom stereocenters. The van der Waals surface area contributed by atoms with Gasteiger partial charge in [-0.05, 0) is 30.7 Å². The van der Waals surface area contributed by atoms with Crippen LogP contribution in [0.3, 0.4) is 0 Å². The Morgan fingerprint density at radius 3 is 2.76 bits per heavy atom. The van der Waals surface area contributed by atoms with E-state index in [1.807, 2.05) is 42.5 Å². The van der Waals surface area contributed by atoms with Gasteiger partial charge in [-0.1, -0.05) is 18.2 Å². The summed E-state index contributed by atoms with van der Waals surface area (Å²) in [5.74, 6) is 0.240. The second-order valence-electron chi connectivity index (χ2n) is 9.81. The Kier molecular flexibility index (Phi) is 7.93. The predicted octanol–water partition coefficient (Wildman–Crippen LogP) is 2.76. The Morgan fingerprint density at radius 2 is 1.97 bits per heavy atom. The van der Waals surface area contributed by atoms with Gasteiger partial charge in [0.25, 0.3) is 0 Å². The van der Waals surface area contributed by atoms with Crippen LogP contribution in [0.5, 0.6) is 11.5 Å². The van der Waals surface area contributed by atoms with Gasteiger partial charge in [-0.3, -0.25) is 9.59 Å². The third-order valence-electron chi connectivity index (χ3n) is 7.42. The number of aliphatic hydroxyl groups excluding tert-OH is 1. The molecule has 5 rings (SSSR count). The molecule has 3 aliphatic heterocycles. The van der Waals surface area contributed by atoms with E-state index in [0.29, 0.717) is 37.6 Å². The lowest BCUT2D eigenvalue weighted by molar-refractivity contribution is -0.148. The molecule has 2 fully saturated rings. The smallest absolute Gasteiger partial charge is 0.230 e. The van der Waals surface area contributed by atoms with E-state index in [2.05, 4.69) is 10.6 Å². The number of methoxy groups -OCH3 is 1. The number of carbonyl (C=O) groups is 2. The zero-order valence-electron chi connectivity index (χ0n) is 21.0. The zero-order chi connectivity index (χ0) is 25.8. The summed E-state index contributed by atoms with van der Waals surface area (Å²) in [7, 11) is 1.60. The Bertz CT molecular complexity index is 1120. The molecule has 4 atom stereocenters. The number of aliphatic hydroxyl groups is 1. The summed E-state index contributed by atoms with van der Waals surface area (Å²) >= 11 is 0. The van der Waals surface area contributed by atoms with E-state index >= 15 is 0 Å². The maximum atomic E-state index is 13.2. The van der Waals surface area contributed by atoms with Gasteiger partial charge in [0.15, 0.2) is 0 Å². The molecule has 9 heteroatoms. The summed E-state index contributed by atoms with van der Waals surface area (Å²) < 4.78 is 23.3. The topological polar surface area (TPSA) is 115 Å². The number of fused-ring (bicyclic) bond motifs is 4. The summed E-state index contributed by atoms with van der Waals surface area (Å²) in [6, 6.07) is 13.2. The molecule has 2 aromatic carbocycles. The molecule has 9 nitrogen and oxygen atoms in total. The molecule has 0 spiro atoms. The summed E-state index contributed by atoms with van der Waals surface area (Å²) in [6.07, 6.45) is 1.06. The van der Waals surface area contributed by atoms with Gasteiger partial charge in [-0.25, -0.2) is 0 Å². The first kappa shape index (κ1) is 25.5. The first-order chi connectivity index (χ1) is 18.1. The highest BCUT2D eigenvalue weighted by atomic mass is 16.5. The lowest BCUT2D eigenvalue weighted by Crippen LogP contribution is -2.48. The number of hydrogen-bond acceptors (Lipinski definition) is 7. The largest absolute Gasteiger partial charge is 0.496 e. The van der Waals surface area contributed by atoms with Gasteiger partial charge in [0.1, 0.15) is 17.6 Å². The fraction of sp³-hybridized carbons (Fsp3) is 0.500. The first-order valence-corrected chi connectivity index (χ1v) is 12.9. The summed E-state index contributed by atoms with van der Waals surface area (Å²) in [6.45, 7) is 1.34. The fourth-order valence-electron chi connectivity index (χ4n) is 5.58. The number of carbonyl (C=O) groups excluding carboxylic acids is 2. The molecule has 2 bridgehead atoms. The van der Waals surface area contributed by atoms with Gasteiger partial charge < -0.3 is 34.7 Å². The van der Waals surface area contributed by atoms with Crippen LogP contribution in [0, 0.1) is 5.92 Å². The molecule has 2 saturated heterocycles. The summed E-state index contributed by atoms with van der Waals surface area (Å²) in [5, 5.41) is 16.0. The minimum Gasteiger partial charge on any atom is -0.496 e. The molecule has 198 valence electrons. The molecule has 0 radical (unpaired) electrons. The van der Waals surface area contributed by atoms with E-state index < -0.39 is 18.1 Å². The van der Waals surface area contributed by atoms with Crippen molar-refractivity contribution in [1.29, 1.82) is 0 Å². The van der Waals surface area contributed by atoms with Crippen molar-refractivity contribution in [2.75, 3.05) is 32.2 Å². The van der Waals surface area contributed by atoms with Crippen LogP contribution in [0.1, 0.15) is 42.7 Å². The normalized spacial score (nSPS) is 25.4. The molecular formula is C28H34N2O7. The molecule has 0 aromatic heterocycles. The highest BCUT2D eigenvalue weighted by Gasteiger charge is 2.46. The van der Waals surface area contributed by atoms with Crippen molar-refractivity contribution in [3.05, 3.63) is 53.6 Å². The second kappa shape index (κ2) is 11.5. The molecule has 3 N–H and O–H groups in total. The lowest BCUT2D eigenvalue weighted by Gasteiger charge is -2.40. The molecule has 2 aromatic rings. The third kappa shape index (κ3) is 5.74. The van der Waals surface area contributed by atoms with E-state index in [-0.39, 0.29) is 36.9 Å². The minimum atomic E-state index is -0.726. The van der Waals surface area contributed by atoms with Gasteiger partial charge in [-0.15, -0.1) is 0 Å². The van der Waals surface area contributed by atoms with E-state index in [1.54, 1.807) is 7.11 Å². The van der Waals surface area contributed by atoms with Gasteiger partial charge >= 0.3 is 0 Å². The highest BCUT2D eigenvalue weighted by molar-refractivity contribution is 5.95. The summed E-state index contributed by atoms with van der Waals surface area (Å²) in [5.41, 5.74) is 2.48. The van der Waals surface area contributed by atoms with Gasteiger partial charge in [0, 0.05) is 42.1 Å². The molecular weight excluding hydrogens is 476 g/mol. The average molecular weight is 511 g/mol. The van der Waals surface area contributed by atoms with Crippen LogP contribution < -0.4 is 20.1 Å². The minimum absolute atomic E-state index is 0.0474. The number of ether oxygens (including phenoxy) is 4. The van der Waals surface area contributed by atoms with Crippen LogP contribution in [0.4, 0.5) is 5.69 Å². The second-order valence-corrected chi connectivity index (χ2v) is 9.81. The number of hydrogen-bond donors (Lipinski definition) is 3. The van der Waals surface area contributed by atoms with Gasteiger partial charge in [0.2, 0.25) is 11.8 Å². The third-order valence-corrected chi connectivity index (χ3v) is 7.42. The molecule has 0 aliphatic carbocycles. The number of amides is 2. The van der Waals surface area contributed by atoms with Crippen molar-refractivity contribution < 1.29 is 33.6 Å². The molecule has 3 aliphatic rings. The van der Waals surface area contributed by atoms with Crippen molar-refractivity contribution >= 4 is 17.5 Å². The Morgan fingerprint density at radius 1 is 1.16 bits per heavy atom. The standard InChI is InChI=1S/C28H34N2O7/c1-34-23-5-3-2-4-17(23)15-29-26(32)14-20-13-22-21-12-18(30-28(33)27(22)25(16-31)37-20)6-7-24(21)36-19-8-10-35-11-9-19/h2-7,12,19-20,22,25,27,31H,8-11,13-16H2,1H3,(H,29,32)(H,30,33)/t20-,22+,25-,27-/m1/s1.